The first-order valence-electron chi connectivity index (χ1n) is 1.91. The molecule has 9 heteroatoms. The molecule has 0 aliphatic carbocycles. The lowest BCUT2D eigenvalue weighted by molar-refractivity contribution is 0.279. The van der Waals surface area contributed by atoms with Gasteiger partial charge in [-0.3, -0.25) is 4.55 Å². The van der Waals surface area contributed by atoms with Crippen LogP contribution in [0.5, 0.6) is 0 Å². The summed E-state index contributed by atoms with van der Waals surface area (Å²) in [6.07, 6.45) is 0. The van der Waals surface area contributed by atoms with Crippen LogP contribution >= 0.6 is 79.6 Å². The number of alkyl halides is 5. The molecule has 0 radical (unpaired) electrons. The van der Waals surface area contributed by atoms with E-state index in [1.165, 1.54) is 0 Å². The summed E-state index contributed by atoms with van der Waals surface area (Å²) in [5.41, 5.74) is 0. The smallest absolute Gasteiger partial charge is 0.284 e. The third kappa shape index (κ3) is 5.04. The van der Waals surface area contributed by atoms with Crippen molar-refractivity contribution in [1.29, 1.82) is 0 Å². The van der Waals surface area contributed by atoms with Crippen LogP contribution in [-0.2, 0) is 15.5 Å². The first-order chi connectivity index (χ1) is 4.67. The molecule has 0 aromatic heterocycles. The number of rotatable bonds is 2. The van der Waals surface area contributed by atoms with Crippen LogP contribution in [0.3, 0.4) is 0 Å². The summed E-state index contributed by atoms with van der Waals surface area (Å²) < 4.78 is 21.0. The van der Waals surface area contributed by atoms with Crippen LogP contribution in [0.1, 0.15) is 0 Å². The first-order valence-corrected chi connectivity index (χ1v) is 6.91. The Labute approximate surface area is 108 Å². The van der Waals surface area contributed by atoms with Crippen LogP contribution in [0.4, 0.5) is 0 Å². The molecule has 1 unspecified atom stereocenters. The predicted molar refractivity (Wildman–Crippen MR) is 62.0 cm³/mol. The highest BCUT2D eigenvalue weighted by Gasteiger charge is 2.46. The molecule has 0 saturated heterocycles. The topological polar surface area (TPSA) is 46.5 Å². The maximum absolute atomic E-state index is 10.2. The van der Waals surface area contributed by atoms with E-state index in [9.17, 15) is 4.21 Å². The molecule has 0 heterocycles. The lowest BCUT2D eigenvalue weighted by Gasteiger charge is -2.26. The molecule has 1 atom stereocenters. The Kier molecular flexibility index (Phi) is 5.89. The van der Waals surface area contributed by atoms with Crippen LogP contribution in [-0.4, -0.2) is 14.3 Å². The number of hydrogen-bond donors (Lipinski definition) is 1. The van der Waals surface area contributed by atoms with Gasteiger partial charge in [-0.15, -0.1) is 0 Å². The second-order valence-corrected chi connectivity index (χ2v) is 12.0. The quantitative estimate of drug-likeness (QED) is 0.463. The monoisotopic (exact) mass is 500 g/mol. The fourth-order valence-corrected chi connectivity index (χ4v) is 1.68. The highest BCUT2D eigenvalue weighted by atomic mass is 80.0. The van der Waals surface area contributed by atoms with Crippen molar-refractivity contribution < 1.29 is 12.9 Å². The van der Waals surface area contributed by atoms with Crippen molar-refractivity contribution in [2.45, 2.75) is 5.56 Å². The molecule has 0 spiro atoms. The van der Waals surface area contributed by atoms with E-state index >= 15 is 0 Å². The molecule has 3 nitrogen and oxygen atoms in total. The maximum atomic E-state index is 10.2. The molecular formula is C2HBr5O3S. The Balaban J connectivity index is 4.34. The van der Waals surface area contributed by atoms with Crippen molar-refractivity contribution in [1.82, 2.24) is 0 Å². The van der Waals surface area contributed by atoms with Crippen LogP contribution in [0.25, 0.3) is 0 Å². The molecule has 0 amide bonds. The van der Waals surface area contributed by atoms with E-state index in [0.29, 0.717) is 0 Å². The SMILES string of the molecule is O=S(O)OC(Br)(Br)C(Br)(Br)Br. The molecule has 0 aromatic rings. The standard InChI is InChI=1S/C2HBr5O3S/c3-1(4,5)2(6,7)10-11(8)9/h(H,8,9). The number of hydrogen-bond acceptors (Lipinski definition) is 2. The van der Waals surface area contributed by atoms with Gasteiger partial charge in [0.25, 0.3) is 0 Å². The Morgan fingerprint density at radius 3 is 1.64 bits per heavy atom. The van der Waals surface area contributed by atoms with Crippen molar-refractivity contribution in [2.24, 2.45) is 0 Å². The summed E-state index contributed by atoms with van der Waals surface area (Å²) in [6, 6.07) is 0. The van der Waals surface area contributed by atoms with Crippen LogP contribution in [0.15, 0.2) is 0 Å². The second-order valence-electron chi connectivity index (χ2n) is 1.31. The van der Waals surface area contributed by atoms with E-state index in [4.69, 9.17) is 4.55 Å². The van der Waals surface area contributed by atoms with Crippen molar-refractivity contribution in [2.75, 3.05) is 0 Å². The Hall–Kier alpha value is 2.47. The van der Waals surface area contributed by atoms with Gasteiger partial charge >= 0.3 is 11.4 Å². The molecule has 0 aromatic carbocycles. The molecule has 1 N–H and O–H groups in total. The Morgan fingerprint density at radius 1 is 1.18 bits per heavy atom. The van der Waals surface area contributed by atoms with E-state index in [1.54, 1.807) is 0 Å². The first kappa shape index (κ1) is 13.5. The van der Waals surface area contributed by atoms with E-state index in [0.717, 1.165) is 0 Å². The van der Waals surface area contributed by atoms with E-state index in [2.05, 4.69) is 83.8 Å². The minimum Gasteiger partial charge on any atom is -0.284 e. The van der Waals surface area contributed by atoms with Crippen molar-refractivity contribution in [3.63, 3.8) is 0 Å². The molecule has 0 aliphatic rings. The zero-order valence-electron chi connectivity index (χ0n) is 4.56. The van der Waals surface area contributed by atoms with Crippen LogP contribution in [0, 0.1) is 0 Å². The summed E-state index contributed by atoms with van der Waals surface area (Å²) in [4.78, 5) is 0. The summed E-state index contributed by atoms with van der Waals surface area (Å²) in [6.45, 7) is 0. The molecule has 0 bridgehead atoms. The van der Waals surface area contributed by atoms with Crippen molar-refractivity contribution in [3.8, 4) is 0 Å². The zero-order chi connectivity index (χ0) is 9.28. The average Bonchev–Trinajstić information content (AvgIpc) is 1.56. The lowest BCUT2D eigenvalue weighted by atomic mass is 10.9. The van der Waals surface area contributed by atoms with Gasteiger partial charge in [-0.05, 0) is 31.9 Å². The van der Waals surface area contributed by atoms with Gasteiger partial charge in [0.1, 0.15) is 0 Å². The highest BCUT2D eigenvalue weighted by molar-refractivity contribution is 9.41. The van der Waals surface area contributed by atoms with Gasteiger partial charge in [0, 0.05) is 0 Å². The minimum absolute atomic E-state index is 0.877. The molecule has 0 fully saturated rings. The number of halogens is 5. The Bertz CT molecular complexity index is 164. The van der Waals surface area contributed by atoms with Crippen LogP contribution in [0.2, 0.25) is 0 Å². The summed E-state index contributed by atoms with van der Waals surface area (Å²) >= 11 is 12.9. The van der Waals surface area contributed by atoms with Gasteiger partial charge in [-0.2, -0.15) is 4.21 Å². The summed E-state index contributed by atoms with van der Waals surface area (Å²) in [5.74, 6) is 0. The maximum Gasteiger partial charge on any atom is 0.304 e. The van der Waals surface area contributed by atoms with Crippen molar-refractivity contribution in [3.05, 3.63) is 0 Å². The van der Waals surface area contributed by atoms with E-state index < -0.39 is 16.9 Å². The molecule has 68 valence electrons. The van der Waals surface area contributed by atoms with Crippen molar-refractivity contribution >= 4 is 91.0 Å². The lowest BCUT2D eigenvalue weighted by Crippen LogP contribution is -2.32. The normalized spacial score (nSPS) is 16.5. The third-order valence-corrected chi connectivity index (χ3v) is 7.71. The average molecular weight is 505 g/mol. The van der Waals surface area contributed by atoms with E-state index in [-0.39, 0.29) is 0 Å². The third-order valence-electron chi connectivity index (χ3n) is 0.506. The highest BCUT2D eigenvalue weighted by Crippen LogP contribution is 2.53. The zero-order valence-corrected chi connectivity index (χ0v) is 13.3. The summed E-state index contributed by atoms with van der Waals surface area (Å²) in [7, 11) is 0. The van der Waals surface area contributed by atoms with Gasteiger partial charge in [0.15, 0.2) is 2.14 Å². The van der Waals surface area contributed by atoms with Gasteiger partial charge in [-0.1, -0.05) is 47.8 Å². The van der Waals surface area contributed by atoms with Gasteiger partial charge in [0.2, 0.25) is 3.42 Å². The van der Waals surface area contributed by atoms with Crippen LogP contribution < -0.4 is 0 Å². The minimum atomic E-state index is -2.37. The molecule has 11 heavy (non-hydrogen) atoms. The molecular weight excluding hydrogens is 504 g/mol. The van der Waals surface area contributed by atoms with Gasteiger partial charge in [-0.25, -0.2) is 4.18 Å². The molecule has 0 saturated carbocycles. The summed E-state index contributed by atoms with van der Waals surface area (Å²) in [5, 5.41) is 0. The molecule has 0 rings (SSSR count). The second kappa shape index (κ2) is 4.81. The fraction of sp³-hybridized carbons (Fsp3) is 1.00. The predicted octanol–water partition coefficient (Wildman–Crippen LogP) is 3.42. The van der Waals surface area contributed by atoms with Gasteiger partial charge in [0.05, 0.1) is 0 Å². The molecule has 0 aliphatic heterocycles. The Morgan fingerprint density at radius 2 is 1.55 bits per heavy atom. The largest absolute Gasteiger partial charge is 0.304 e. The van der Waals surface area contributed by atoms with Gasteiger partial charge < -0.3 is 0 Å². The fourth-order valence-electron chi connectivity index (χ4n) is 0.137. The van der Waals surface area contributed by atoms with E-state index in [1.807, 2.05) is 0 Å².